The minimum absolute atomic E-state index is 1.12. The molecule has 0 amide bonds. The Balaban J connectivity index is 3.01. The highest BCUT2D eigenvalue weighted by molar-refractivity contribution is 4.50. The zero-order chi connectivity index (χ0) is 18.6. The molecule has 0 aromatic carbocycles. The normalized spacial score (nSPS) is 12.0. The van der Waals surface area contributed by atoms with Crippen molar-refractivity contribution in [3.8, 4) is 0 Å². The predicted octanol–water partition coefficient (Wildman–Crippen LogP) is 8.12. The van der Waals surface area contributed by atoms with Crippen molar-refractivity contribution in [3.63, 3.8) is 0 Å². The Morgan fingerprint density at radius 1 is 0.360 bits per heavy atom. The topological polar surface area (TPSA) is 0 Å². The molecule has 25 heavy (non-hydrogen) atoms. The van der Waals surface area contributed by atoms with Gasteiger partial charge in [0.25, 0.3) is 0 Å². The first-order valence-corrected chi connectivity index (χ1v) is 11.9. The third-order valence-electron chi connectivity index (χ3n) is 5.43. The maximum Gasteiger partial charge on any atom is 0.0780 e. The molecule has 0 saturated heterocycles. The predicted molar refractivity (Wildman–Crippen MR) is 116 cm³/mol. The van der Waals surface area contributed by atoms with Gasteiger partial charge in [-0.1, -0.05) is 116 Å². The molecule has 0 bridgehead atoms. The average molecular weight is 355 g/mol. The fraction of sp³-hybridized carbons (Fsp3) is 1.00. The highest BCUT2D eigenvalue weighted by Crippen LogP contribution is 2.14. The van der Waals surface area contributed by atoms with Crippen LogP contribution in [-0.4, -0.2) is 32.2 Å². The lowest BCUT2D eigenvalue weighted by molar-refractivity contribution is -0.870. The van der Waals surface area contributed by atoms with Crippen LogP contribution in [-0.2, 0) is 0 Å². The molecular weight excluding hydrogens is 302 g/mol. The van der Waals surface area contributed by atoms with Crippen molar-refractivity contribution in [3.05, 3.63) is 0 Å². The molecule has 0 radical (unpaired) electrons. The summed E-state index contributed by atoms with van der Waals surface area (Å²) >= 11 is 0. The Hall–Kier alpha value is -0.0400. The molecular formula is C24H52N+. The second-order valence-electron chi connectivity index (χ2n) is 9.38. The van der Waals surface area contributed by atoms with Crippen LogP contribution in [0, 0.1) is 0 Å². The second kappa shape index (κ2) is 18.7. The van der Waals surface area contributed by atoms with Crippen LogP contribution in [0.5, 0.6) is 0 Å². The van der Waals surface area contributed by atoms with E-state index in [1.54, 1.807) is 0 Å². The molecule has 0 fully saturated rings. The Bertz CT molecular complexity index is 241. The SMILES string of the molecule is CCCCCCCCCCCCCCCCCCCCC[N+](C)(C)C. The number of hydrogen-bond donors (Lipinski definition) is 0. The first-order chi connectivity index (χ1) is 12.1. The van der Waals surface area contributed by atoms with Crippen molar-refractivity contribution in [1.29, 1.82) is 0 Å². The quantitative estimate of drug-likeness (QED) is 0.153. The number of rotatable bonds is 20. The van der Waals surface area contributed by atoms with E-state index in [0.717, 1.165) is 4.48 Å². The molecule has 0 saturated carbocycles. The van der Waals surface area contributed by atoms with Crippen LogP contribution in [0.4, 0.5) is 0 Å². The molecule has 0 spiro atoms. The zero-order valence-electron chi connectivity index (χ0n) is 18.6. The molecule has 1 heteroatoms. The number of nitrogens with zero attached hydrogens (tertiary/aromatic N) is 1. The molecule has 152 valence electrons. The molecule has 1 nitrogen and oxygen atoms in total. The fourth-order valence-electron chi connectivity index (χ4n) is 3.66. The minimum atomic E-state index is 1.12. The van der Waals surface area contributed by atoms with Crippen molar-refractivity contribution in [2.75, 3.05) is 27.7 Å². The van der Waals surface area contributed by atoms with E-state index in [1.165, 1.54) is 129 Å². The van der Waals surface area contributed by atoms with Crippen LogP contribution in [0.15, 0.2) is 0 Å². The van der Waals surface area contributed by atoms with Gasteiger partial charge in [-0.05, 0) is 12.8 Å². The van der Waals surface area contributed by atoms with E-state index in [9.17, 15) is 0 Å². The van der Waals surface area contributed by atoms with Crippen molar-refractivity contribution < 1.29 is 4.48 Å². The van der Waals surface area contributed by atoms with Gasteiger partial charge in [0.05, 0.1) is 27.7 Å². The molecule has 0 atom stereocenters. The van der Waals surface area contributed by atoms with Gasteiger partial charge in [-0.25, -0.2) is 0 Å². The van der Waals surface area contributed by atoms with E-state index in [-0.39, 0.29) is 0 Å². The van der Waals surface area contributed by atoms with E-state index in [4.69, 9.17) is 0 Å². The highest BCUT2D eigenvalue weighted by atomic mass is 15.3. The summed E-state index contributed by atoms with van der Waals surface area (Å²) in [5.41, 5.74) is 0. The summed E-state index contributed by atoms with van der Waals surface area (Å²) < 4.78 is 1.12. The lowest BCUT2D eigenvalue weighted by atomic mass is 10.0. The van der Waals surface area contributed by atoms with Crippen LogP contribution < -0.4 is 0 Å². The lowest BCUT2D eigenvalue weighted by Gasteiger charge is -2.23. The smallest absolute Gasteiger partial charge is 0.0780 e. The average Bonchev–Trinajstić information content (AvgIpc) is 2.56. The molecule has 0 rings (SSSR count). The van der Waals surface area contributed by atoms with Gasteiger partial charge < -0.3 is 4.48 Å². The summed E-state index contributed by atoms with van der Waals surface area (Å²) in [6.45, 7) is 3.63. The molecule has 0 heterocycles. The van der Waals surface area contributed by atoms with E-state index >= 15 is 0 Å². The van der Waals surface area contributed by atoms with Gasteiger partial charge in [-0.2, -0.15) is 0 Å². The van der Waals surface area contributed by atoms with Gasteiger partial charge in [0, 0.05) is 0 Å². The zero-order valence-corrected chi connectivity index (χ0v) is 18.6. The van der Waals surface area contributed by atoms with Crippen LogP contribution in [0.3, 0.4) is 0 Å². The monoisotopic (exact) mass is 354 g/mol. The standard InChI is InChI=1S/C24H52N/c1-5-6-7-8-9-10-11-12-13-14-15-16-17-18-19-20-21-22-23-24-25(2,3)4/h5-24H2,1-4H3/q+1. The second-order valence-corrected chi connectivity index (χ2v) is 9.38. The van der Waals surface area contributed by atoms with Crippen LogP contribution in [0.2, 0.25) is 0 Å². The largest absolute Gasteiger partial charge is 0.331 e. The Kier molecular flexibility index (Phi) is 18.7. The Morgan fingerprint density at radius 3 is 0.840 bits per heavy atom. The van der Waals surface area contributed by atoms with Crippen LogP contribution in [0.25, 0.3) is 0 Å². The number of quaternary nitrogens is 1. The van der Waals surface area contributed by atoms with Crippen molar-refractivity contribution in [2.24, 2.45) is 0 Å². The van der Waals surface area contributed by atoms with E-state index in [2.05, 4.69) is 28.1 Å². The molecule has 0 aromatic rings. The summed E-state index contributed by atoms with van der Waals surface area (Å²) in [5, 5.41) is 0. The van der Waals surface area contributed by atoms with Gasteiger partial charge in [-0.3, -0.25) is 0 Å². The third-order valence-corrected chi connectivity index (χ3v) is 5.43. The maximum atomic E-state index is 2.30. The summed E-state index contributed by atoms with van der Waals surface area (Å²) in [6.07, 6.45) is 27.8. The highest BCUT2D eigenvalue weighted by Gasteiger charge is 2.04. The van der Waals surface area contributed by atoms with Gasteiger partial charge in [0.2, 0.25) is 0 Å². The molecule has 0 aliphatic rings. The van der Waals surface area contributed by atoms with Gasteiger partial charge in [0.1, 0.15) is 0 Å². The number of unbranched alkanes of at least 4 members (excludes halogenated alkanes) is 18. The van der Waals surface area contributed by atoms with Crippen LogP contribution >= 0.6 is 0 Å². The van der Waals surface area contributed by atoms with Crippen molar-refractivity contribution in [1.82, 2.24) is 0 Å². The third kappa shape index (κ3) is 24.0. The van der Waals surface area contributed by atoms with E-state index in [0.29, 0.717) is 0 Å². The van der Waals surface area contributed by atoms with E-state index in [1.807, 2.05) is 0 Å². The molecule has 0 unspecified atom stereocenters. The molecule has 0 aliphatic heterocycles. The van der Waals surface area contributed by atoms with E-state index < -0.39 is 0 Å². The molecule has 0 aliphatic carbocycles. The maximum absolute atomic E-state index is 2.30. The fourth-order valence-corrected chi connectivity index (χ4v) is 3.66. The summed E-state index contributed by atoms with van der Waals surface area (Å²) in [5.74, 6) is 0. The lowest BCUT2D eigenvalue weighted by Crippen LogP contribution is -2.35. The summed E-state index contributed by atoms with van der Waals surface area (Å²) in [4.78, 5) is 0. The summed E-state index contributed by atoms with van der Waals surface area (Å²) in [6, 6.07) is 0. The van der Waals surface area contributed by atoms with Gasteiger partial charge in [0.15, 0.2) is 0 Å². The van der Waals surface area contributed by atoms with Crippen molar-refractivity contribution >= 4 is 0 Å². The van der Waals surface area contributed by atoms with Crippen molar-refractivity contribution in [2.45, 2.75) is 129 Å². The summed E-state index contributed by atoms with van der Waals surface area (Å²) in [7, 11) is 6.90. The first-order valence-electron chi connectivity index (χ1n) is 11.9. The Labute approximate surface area is 161 Å². The first kappa shape index (κ1) is 25.0. The minimum Gasteiger partial charge on any atom is -0.331 e. The van der Waals surface area contributed by atoms with Crippen LogP contribution in [0.1, 0.15) is 129 Å². The Morgan fingerprint density at radius 2 is 0.600 bits per heavy atom. The number of hydrogen-bond acceptors (Lipinski definition) is 0. The molecule has 0 N–H and O–H groups in total. The van der Waals surface area contributed by atoms with Gasteiger partial charge in [-0.15, -0.1) is 0 Å². The molecule has 0 aromatic heterocycles. The van der Waals surface area contributed by atoms with Gasteiger partial charge >= 0.3 is 0 Å².